The van der Waals surface area contributed by atoms with Crippen LogP contribution in [-0.4, -0.2) is 26.4 Å². The van der Waals surface area contributed by atoms with E-state index in [0.717, 1.165) is 0 Å². The molecule has 7 heteroatoms. The summed E-state index contributed by atoms with van der Waals surface area (Å²) in [5, 5.41) is 2.76. The minimum absolute atomic E-state index is 0.243. The van der Waals surface area contributed by atoms with E-state index in [-0.39, 0.29) is 18.3 Å². The van der Waals surface area contributed by atoms with Gasteiger partial charge in [0.05, 0.1) is 0 Å². The molecule has 2 aromatic rings. The molecule has 3 amide bonds. The van der Waals surface area contributed by atoms with Crippen LogP contribution in [0.15, 0.2) is 42.7 Å². The first kappa shape index (κ1) is 12.9. The zero-order chi connectivity index (χ0) is 14.8. The number of para-hydroxylation sites is 1. The second-order valence-electron chi connectivity index (χ2n) is 4.54. The number of fused-ring (bicyclic) bond motifs is 1. The van der Waals surface area contributed by atoms with E-state index in [1.165, 1.54) is 4.90 Å². The van der Waals surface area contributed by atoms with Crippen molar-refractivity contribution in [1.82, 2.24) is 14.5 Å². The van der Waals surface area contributed by atoms with E-state index < -0.39 is 6.03 Å². The third-order valence-corrected chi connectivity index (χ3v) is 3.06. The number of carbonyl (C=O) groups excluding carboxylic acids is 2. The second-order valence-corrected chi connectivity index (χ2v) is 4.54. The predicted molar refractivity (Wildman–Crippen MR) is 77.1 cm³/mol. The summed E-state index contributed by atoms with van der Waals surface area (Å²) < 4.78 is 1.69. The van der Waals surface area contributed by atoms with Crippen LogP contribution in [0.1, 0.15) is 16.3 Å². The largest absolute Gasteiger partial charge is 0.351 e. The molecule has 0 aliphatic carbocycles. The van der Waals surface area contributed by atoms with Gasteiger partial charge in [0.2, 0.25) is 0 Å². The number of anilines is 1. The van der Waals surface area contributed by atoms with Crippen molar-refractivity contribution in [3.05, 3.63) is 54.2 Å². The average molecular weight is 283 g/mol. The highest BCUT2D eigenvalue weighted by atomic mass is 16.2. The van der Waals surface area contributed by atoms with Gasteiger partial charge in [-0.1, -0.05) is 18.2 Å². The molecule has 0 fully saturated rings. The van der Waals surface area contributed by atoms with E-state index in [0.29, 0.717) is 11.5 Å². The number of imidazole rings is 1. The summed E-state index contributed by atoms with van der Waals surface area (Å²) in [7, 11) is 0. The maximum atomic E-state index is 12.1. The van der Waals surface area contributed by atoms with Crippen LogP contribution in [0.4, 0.5) is 10.5 Å². The standard InChI is InChI=1S/C14H13N5O2/c15-14(21)18-7-6-12-17-11(8-19(12)9-18)13(20)16-10-4-2-1-3-5-10/h1-8H,9H2,(H2,15,21)(H,16,20). The summed E-state index contributed by atoms with van der Waals surface area (Å²) in [6.45, 7) is 0.243. The number of primary amides is 1. The van der Waals surface area contributed by atoms with Crippen molar-refractivity contribution in [1.29, 1.82) is 0 Å². The zero-order valence-corrected chi connectivity index (χ0v) is 11.1. The summed E-state index contributed by atoms with van der Waals surface area (Å²) in [6, 6.07) is 8.57. The number of aromatic nitrogens is 2. The van der Waals surface area contributed by atoms with Crippen LogP contribution in [0.3, 0.4) is 0 Å². The van der Waals surface area contributed by atoms with Crippen molar-refractivity contribution < 1.29 is 9.59 Å². The van der Waals surface area contributed by atoms with Crippen LogP contribution in [0.2, 0.25) is 0 Å². The van der Waals surface area contributed by atoms with Gasteiger partial charge >= 0.3 is 6.03 Å². The Labute approximate surface area is 120 Å². The number of carbonyl (C=O) groups is 2. The fourth-order valence-electron chi connectivity index (χ4n) is 2.01. The van der Waals surface area contributed by atoms with Crippen LogP contribution in [0.5, 0.6) is 0 Å². The van der Waals surface area contributed by atoms with Gasteiger partial charge in [-0.25, -0.2) is 9.78 Å². The first-order valence-electron chi connectivity index (χ1n) is 6.31. The number of nitrogens with one attached hydrogen (secondary N) is 1. The van der Waals surface area contributed by atoms with Crippen LogP contribution in [0.25, 0.3) is 6.08 Å². The molecular weight excluding hydrogens is 270 g/mol. The first-order valence-corrected chi connectivity index (χ1v) is 6.31. The lowest BCUT2D eigenvalue weighted by atomic mass is 10.3. The molecule has 0 saturated heterocycles. The molecule has 3 N–H and O–H groups in total. The molecule has 0 unspecified atom stereocenters. The number of rotatable bonds is 2. The summed E-state index contributed by atoms with van der Waals surface area (Å²) in [6.07, 6.45) is 4.77. The van der Waals surface area contributed by atoms with Gasteiger partial charge in [-0.2, -0.15) is 0 Å². The van der Waals surface area contributed by atoms with Crippen LogP contribution in [0, 0.1) is 0 Å². The van der Waals surface area contributed by atoms with Crippen LogP contribution < -0.4 is 11.1 Å². The highest BCUT2D eigenvalue weighted by Gasteiger charge is 2.18. The third-order valence-electron chi connectivity index (χ3n) is 3.06. The lowest BCUT2D eigenvalue weighted by molar-refractivity contribution is 0.102. The van der Waals surface area contributed by atoms with Crippen molar-refractivity contribution in [3.63, 3.8) is 0 Å². The number of urea groups is 1. The molecule has 2 heterocycles. The monoisotopic (exact) mass is 283 g/mol. The first-order chi connectivity index (χ1) is 10.1. The molecule has 1 aromatic carbocycles. The molecule has 3 rings (SSSR count). The van der Waals surface area contributed by atoms with Crippen molar-refractivity contribution in [2.24, 2.45) is 5.73 Å². The smallest absolute Gasteiger partial charge is 0.320 e. The Balaban J connectivity index is 1.78. The number of nitrogens with zero attached hydrogens (tertiary/aromatic N) is 3. The van der Waals surface area contributed by atoms with E-state index >= 15 is 0 Å². The van der Waals surface area contributed by atoms with Crippen molar-refractivity contribution >= 4 is 23.7 Å². The molecule has 7 nitrogen and oxygen atoms in total. The molecule has 1 aromatic heterocycles. The second kappa shape index (κ2) is 5.12. The lowest BCUT2D eigenvalue weighted by Gasteiger charge is -2.20. The Hall–Kier alpha value is -3.09. The minimum Gasteiger partial charge on any atom is -0.351 e. The molecule has 0 spiro atoms. The molecule has 0 bridgehead atoms. The Bertz CT molecular complexity index is 720. The molecule has 1 aliphatic heterocycles. The minimum atomic E-state index is -0.555. The lowest BCUT2D eigenvalue weighted by Crippen LogP contribution is -2.34. The maximum absolute atomic E-state index is 12.1. The van der Waals surface area contributed by atoms with E-state index in [1.54, 1.807) is 35.2 Å². The highest BCUT2D eigenvalue weighted by Crippen LogP contribution is 2.14. The van der Waals surface area contributed by atoms with E-state index in [1.807, 2.05) is 18.2 Å². The van der Waals surface area contributed by atoms with E-state index in [2.05, 4.69) is 10.3 Å². The Morgan fingerprint density at radius 1 is 1.24 bits per heavy atom. The fraction of sp³-hybridized carbons (Fsp3) is 0.0714. The Morgan fingerprint density at radius 3 is 2.71 bits per heavy atom. The molecular formula is C14H13N5O2. The molecule has 21 heavy (non-hydrogen) atoms. The molecule has 0 radical (unpaired) electrons. The number of nitrogens with two attached hydrogens (primary N) is 1. The van der Waals surface area contributed by atoms with Gasteiger partial charge in [-0.15, -0.1) is 0 Å². The van der Waals surface area contributed by atoms with E-state index in [9.17, 15) is 9.59 Å². The van der Waals surface area contributed by atoms with Crippen molar-refractivity contribution in [2.45, 2.75) is 6.67 Å². The average Bonchev–Trinajstić information content (AvgIpc) is 2.91. The summed E-state index contributed by atoms with van der Waals surface area (Å²) in [5.41, 5.74) is 6.20. The molecule has 0 saturated carbocycles. The van der Waals surface area contributed by atoms with Crippen LogP contribution >= 0.6 is 0 Å². The van der Waals surface area contributed by atoms with Gasteiger partial charge in [0.15, 0.2) is 0 Å². The van der Waals surface area contributed by atoms with Crippen LogP contribution in [-0.2, 0) is 6.67 Å². The van der Waals surface area contributed by atoms with Gasteiger partial charge < -0.3 is 15.6 Å². The maximum Gasteiger partial charge on any atom is 0.320 e. The SMILES string of the molecule is NC(=O)N1C=Cc2nc(C(=O)Nc3ccccc3)cn2C1. The van der Waals surface area contributed by atoms with Gasteiger partial charge in [-0.05, 0) is 18.2 Å². The van der Waals surface area contributed by atoms with Gasteiger partial charge in [-0.3, -0.25) is 9.69 Å². The Morgan fingerprint density at radius 2 is 2.00 bits per heavy atom. The number of benzene rings is 1. The predicted octanol–water partition coefficient (Wildman–Crippen LogP) is 1.46. The summed E-state index contributed by atoms with van der Waals surface area (Å²) in [5.74, 6) is 0.299. The van der Waals surface area contributed by atoms with E-state index in [4.69, 9.17) is 5.73 Å². The Kier molecular flexibility index (Phi) is 3.15. The zero-order valence-electron chi connectivity index (χ0n) is 11.1. The summed E-state index contributed by atoms with van der Waals surface area (Å²) >= 11 is 0. The third kappa shape index (κ3) is 2.62. The number of hydrogen-bond donors (Lipinski definition) is 2. The number of amides is 3. The highest BCUT2D eigenvalue weighted by molar-refractivity contribution is 6.02. The van der Waals surface area contributed by atoms with Gasteiger partial charge in [0.1, 0.15) is 18.2 Å². The molecule has 1 aliphatic rings. The van der Waals surface area contributed by atoms with Gasteiger partial charge in [0, 0.05) is 18.1 Å². The van der Waals surface area contributed by atoms with Crippen molar-refractivity contribution in [3.8, 4) is 0 Å². The quantitative estimate of drug-likeness (QED) is 0.873. The number of hydrogen-bond acceptors (Lipinski definition) is 3. The topological polar surface area (TPSA) is 93.2 Å². The normalized spacial score (nSPS) is 12.9. The molecule has 0 atom stereocenters. The molecule has 106 valence electrons. The van der Waals surface area contributed by atoms with Crippen molar-refractivity contribution in [2.75, 3.05) is 5.32 Å². The van der Waals surface area contributed by atoms with Gasteiger partial charge in [0.25, 0.3) is 5.91 Å². The fourth-order valence-corrected chi connectivity index (χ4v) is 2.01. The summed E-state index contributed by atoms with van der Waals surface area (Å²) in [4.78, 5) is 28.8.